The molecule has 1 atom stereocenters. The fourth-order valence-corrected chi connectivity index (χ4v) is 3.32. The van der Waals surface area contributed by atoms with E-state index in [1.807, 2.05) is 38.0 Å². The SMILES string of the molecule is CN(C)CCNC(=O)CSCC[C@H](NC(=O)CCN(C)C)C(=O)ON1C(=O)CCC1=O. The zero-order chi connectivity index (χ0) is 23.4. The smallest absolute Gasteiger partial charge is 0.354 e. The lowest BCUT2D eigenvalue weighted by atomic mass is 10.2. The van der Waals surface area contributed by atoms with Gasteiger partial charge >= 0.3 is 5.97 Å². The predicted molar refractivity (Wildman–Crippen MR) is 116 cm³/mol. The Kier molecular flexibility index (Phi) is 12.1. The minimum absolute atomic E-state index is 0.00917. The van der Waals surface area contributed by atoms with Gasteiger partial charge < -0.3 is 25.3 Å². The molecule has 1 saturated heterocycles. The number of likely N-dealkylation sites (N-methyl/N-ethyl adjacent to an activating group) is 1. The quantitative estimate of drug-likeness (QED) is 0.244. The molecule has 1 fully saturated rings. The number of hydrogen-bond acceptors (Lipinski definition) is 9. The second-order valence-corrected chi connectivity index (χ2v) is 8.77. The van der Waals surface area contributed by atoms with Crippen LogP contribution < -0.4 is 10.6 Å². The van der Waals surface area contributed by atoms with Gasteiger partial charge in [-0.1, -0.05) is 0 Å². The molecular formula is C19H33N5O6S. The number of amides is 4. The van der Waals surface area contributed by atoms with Crippen LogP contribution in [-0.2, 0) is 28.8 Å². The van der Waals surface area contributed by atoms with Crippen molar-refractivity contribution in [3.63, 3.8) is 0 Å². The third kappa shape index (κ3) is 11.1. The van der Waals surface area contributed by atoms with Crippen LogP contribution in [0.3, 0.4) is 0 Å². The molecule has 0 aromatic heterocycles. The van der Waals surface area contributed by atoms with Crippen LogP contribution in [0.1, 0.15) is 25.7 Å². The summed E-state index contributed by atoms with van der Waals surface area (Å²) in [6.45, 7) is 1.77. The fourth-order valence-electron chi connectivity index (χ4n) is 2.49. The Bertz CT molecular complexity index is 642. The Morgan fingerprint density at radius 3 is 2.23 bits per heavy atom. The van der Waals surface area contributed by atoms with Crippen LogP contribution in [0, 0.1) is 0 Å². The third-order valence-electron chi connectivity index (χ3n) is 4.26. The van der Waals surface area contributed by atoms with Crippen molar-refractivity contribution in [3.8, 4) is 0 Å². The fraction of sp³-hybridized carbons (Fsp3) is 0.737. The number of nitrogens with zero attached hydrogens (tertiary/aromatic N) is 3. The Labute approximate surface area is 187 Å². The highest BCUT2D eigenvalue weighted by Gasteiger charge is 2.35. The molecule has 176 valence electrons. The number of nitrogens with one attached hydrogen (secondary N) is 2. The zero-order valence-electron chi connectivity index (χ0n) is 18.6. The maximum absolute atomic E-state index is 12.5. The van der Waals surface area contributed by atoms with E-state index in [1.54, 1.807) is 0 Å². The lowest BCUT2D eigenvalue weighted by Crippen LogP contribution is -2.46. The number of rotatable bonds is 14. The van der Waals surface area contributed by atoms with Crippen molar-refractivity contribution in [1.29, 1.82) is 0 Å². The van der Waals surface area contributed by atoms with Crippen molar-refractivity contribution >= 4 is 41.4 Å². The highest BCUT2D eigenvalue weighted by Crippen LogP contribution is 2.14. The predicted octanol–water partition coefficient (Wildman–Crippen LogP) is -1.17. The molecule has 1 heterocycles. The van der Waals surface area contributed by atoms with Crippen molar-refractivity contribution in [2.24, 2.45) is 0 Å². The van der Waals surface area contributed by atoms with Crippen LogP contribution >= 0.6 is 11.8 Å². The normalized spacial score (nSPS) is 14.8. The summed E-state index contributed by atoms with van der Waals surface area (Å²) in [6, 6.07) is -1.03. The monoisotopic (exact) mass is 459 g/mol. The van der Waals surface area contributed by atoms with Gasteiger partial charge in [-0.3, -0.25) is 19.2 Å². The van der Waals surface area contributed by atoms with Gasteiger partial charge in [0.05, 0.1) is 5.75 Å². The van der Waals surface area contributed by atoms with Gasteiger partial charge in [0.1, 0.15) is 6.04 Å². The molecule has 0 aliphatic carbocycles. The Balaban J connectivity index is 2.54. The van der Waals surface area contributed by atoms with Crippen LogP contribution in [0.4, 0.5) is 0 Å². The summed E-state index contributed by atoms with van der Waals surface area (Å²) in [6.07, 6.45) is 0.355. The molecule has 1 aliphatic heterocycles. The van der Waals surface area contributed by atoms with Gasteiger partial charge in [0.15, 0.2) is 0 Å². The van der Waals surface area contributed by atoms with E-state index in [9.17, 15) is 24.0 Å². The summed E-state index contributed by atoms with van der Waals surface area (Å²) in [7, 11) is 7.47. The van der Waals surface area contributed by atoms with Crippen molar-refractivity contribution in [2.75, 3.05) is 59.3 Å². The molecule has 0 radical (unpaired) electrons. The van der Waals surface area contributed by atoms with E-state index >= 15 is 0 Å². The molecule has 31 heavy (non-hydrogen) atoms. The van der Waals surface area contributed by atoms with Gasteiger partial charge in [0.25, 0.3) is 11.8 Å². The topological polar surface area (TPSA) is 128 Å². The highest BCUT2D eigenvalue weighted by molar-refractivity contribution is 7.99. The lowest BCUT2D eigenvalue weighted by molar-refractivity contribution is -0.199. The summed E-state index contributed by atoms with van der Waals surface area (Å²) < 4.78 is 0. The first kappa shape index (κ1) is 26.9. The molecule has 1 rings (SSSR count). The van der Waals surface area contributed by atoms with E-state index in [1.165, 1.54) is 11.8 Å². The molecule has 0 saturated carbocycles. The van der Waals surface area contributed by atoms with Gasteiger partial charge in [0.2, 0.25) is 11.8 Å². The molecule has 0 unspecified atom stereocenters. The first-order chi connectivity index (χ1) is 14.6. The molecule has 2 N–H and O–H groups in total. The van der Waals surface area contributed by atoms with E-state index in [-0.39, 0.29) is 43.3 Å². The van der Waals surface area contributed by atoms with E-state index in [0.29, 0.717) is 23.9 Å². The minimum Gasteiger partial charge on any atom is -0.354 e. The maximum Gasteiger partial charge on any atom is 0.355 e. The van der Waals surface area contributed by atoms with Crippen molar-refractivity contribution < 1.29 is 28.8 Å². The molecule has 0 aromatic rings. The van der Waals surface area contributed by atoms with Gasteiger partial charge in [-0.05, 0) is 40.4 Å². The molecule has 0 aromatic carbocycles. The van der Waals surface area contributed by atoms with Crippen LogP contribution in [0.25, 0.3) is 0 Å². The number of imide groups is 1. The zero-order valence-corrected chi connectivity index (χ0v) is 19.5. The van der Waals surface area contributed by atoms with Crippen LogP contribution in [-0.4, -0.2) is 110 Å². The first-order valence-corrected chi connectivity index (χ1v) is 11.3. The number of carbonyl (C=O) groups is 5. The standard InChI is InChI=1S/C19H33N5O6S/c1-22(2)10-7-15(25)21-14(19(29)30-24-17(27)5-6-18(24)28)8-12-31-13-16(26)20-9-11-23(3)4/h14H,5-13H2,1-4H3,(H,20,26)(H,21,25)/t14-/m0/s1. The first-order valence-electron chi connectivity index (χ1n) is 10.1. The summed E-state index contributed by atoms with van der Waals surface area (Å²) in [5.74, 6) is -1.89. The van der Waals surface area contributed by atoms with E-state index in [2.05, 4.69) is 10.6 Å². The molecule has 0 bridgehead atoms. The van der Waals surface area contributed by atoms with Gasteiger partial charge in [-0.2, -0.15) is 11.8 Å². The van der Waals surface area contributed by atoms with Gasteiger partial charge in [-0.15, -0.1) is 5.06 Å². The van der Waals surface area contributed by atoms with Crippen molar-refractivity contribution in [2.45, 2.75) is 31.7 Å². The van der Waals surface area contributed by atoms with E-state index in [0.717, 1.165) is 6.54 Å². The molecular weight excluding hydrogens is 426 g/mol. The number of carbonyl (C=O) groups excluding carboxylic acids is 5. The second-order valence-electron chi connectivity index (χ2n) is 7.66. The number of thioether (sulfide) groups is 1. The Morgan fingerprint density at radius 1 is 1.03 bits per heavy atom. The van der Waals surface area contributed by atoms with Gasteiger partial charge in [0, 0.05) is 38.9 Å². The molecule has 12 heteroatoms. The Hall–Kier alpha value is -2.18. The van der Waals surface area contributed by atoms with E-state index in [4.69, 9.17) is 4.84 Å². The van der Waals surface area contributed by atoms with Crippen LogP contribution in [0.5, 0.6) is 0 Å². The Morgan fingerprint density at radius 2 is 1.65 bits per heavy atom. The van der Waals surface area contributed by atoms with Crippen LogP contribution in [0.15, 0.2) is 0 Å². The molecule has 0 spiro atoms. The summed E-state index contributed by atoms with van der Waals surface area (Å²) in [5.41, 5.74) is 0. The summed E-state index contributed by atoms with van der Waals surface area (Å²) in [5, 5.41) is 5.86. The third-order valence-corrected chi connectivity index (χ3v) is 5.25. The van der Waals surface area contributed by atoms with Gasteiger partial charge in [-0.25, -0.2) is 4.79 Å². The highest BCUT2D eigenvalue weighted by atomic mass is 32.2. The molecule has 11 nitrogen and oxygen atoms in total. The lowest BCUT2D eigenvalue weighted by Gasteiger charge is -2.20. The molecule has 1 aliphatic rings. The number of hydrogen-bond donors (Lipinski definition) is 2. The maximum atomic E-state index is 12.5. The summed E-state index contributed by atoms with van der Waals surface area (Å²) in [4.78, 5) is 68.6. The molecule has 4 amide bonds. The average Bonchev–Trinajstić information content (AvgIpc) is 3.00. The largest absolute Gasteiger partial charge is 0.355 e. The van der Waals surface area contributed by atoms with Crippen LogP contribution in [0.2, 0.25) is 0 Å². The minimum atomic E-state index is -1.03. The van der Waals surface area contributed by atoms with E-state index < -0.39 is 23.8 Å². The van der Waals surface area contributed by atoms with Crippen molar-refractivity contribution in [3.05, 3.63) is 0 Å². The number of hydroxylamine groups is 2. The second kappa shape index (κ2) is 14.0. The summed E-state index contributed by atoms with van der Waals surface area (Å²) >= 11 is 1.31. The van der Waals surface area contributed by atoms with Crippen molar-refractivity contribution in [1.82, 2.24) is 25.5 Å². The average molecular weight is 460 g/mol.